The van der Waals surface area contributed by atoms with Crippen LogP contribution >= 0.6 is 0 Å². The quantitative estimate of drug-likeness (QED) is 0.706. The minimum absolute atomic E-state index is 0.161. The molecule has 7 heteroatoms. The lowest BCUT2D eigenvalue weighted by molar-refractivity contribution is -0.146. The second-order valence-corrected chi connectivity index (χ2v) is 5.61. The summed E-state index contributed by atoms with van der Waals surface area (Å²) < 4.78 is 10.2. The molecule has 138 valence electrons. The minimum Gasteiger partial charge on any atom is -0.459 e. The van der Waals surface area contributed by atoms with E-state index >= 15 is 0 Å². The van der Waals surface area contributed by atoms with Crippen LogP contribution in [0, 0.1) is 0 Å². The van der Waals surface area contributed by atoms with E-state index in [-0.39, 0.29) is 13.2 Å². The average molecular weight is 357 g/mol. The van der Waals surface area contributed by atoms with Crippen molar-refractivity contribution in [3.63, 3.8) is 0 Å². The number of alkyl carbamates (subject to hydrolysis) is 1. The fourth-order valence-electron chi connectivity index (χ4n) is 2.14. The zero-order chi connectivity index (χ0) is 18.8. The van der Waals surface area contributed by atoms with Gasteiger partial charge in [0.15, 0.2) is 0 Å². The summed E-state index contributed by atoms with van der Waals surface area (Å²) >= 11 is 0. The molecule has 1 aromatic carbocycles. The molecule has 0 radical (unpaired) electrons. The Morgan fingerprint density at radius 3 is 2.58 bits per heavy atom. The lowest BCUT2D eigenvalue weighted by Gasteiger charge is -2.13. The summed E-state index contributed by atoms with van der Waals surface area (Å²) in [6.45, 7) is 1.87. The van der Waals surface area contributed by atoms with Gasteiger partial charge < -0.3 is 20.1 Å². The number of amides is 1. The molecule has 2 rings (SSSR count). The third-order valence-electron chi connectivity index (χ3n) is 3.57. The first-order chi connectivity index (χ1) is 12.6. The predicted octanol–water partition coefficient (Wildman–Crippen LogP) is 2.52. The first-order valence-corrected chi connectivity index (χ1v) is 8.36. The molecule has 0 aliphatic carbocycles. The van der Waals surface area contributed by atoms with Crippen LogP contribution in [-0.4, -0.2) is 36.7 Å². The van der Waals surface area contributed by atoms with E-state index in [2.05, 4.69) is 15.6 Å². The second kappa shape index (κ2) is 10.0. The maximum Gasteiger partial charge on any atom is 0.407 e. The van der Waals surface area contributed by atoms with Crippen LogP contribution in [-0.2, 0) is 27.3 Å². The Bertz CT molecular complexity index is 722. The molecule has 1 amide bonds. The van der Waals surface area contributed by atoms with Crippen molar-refractivity contribution in [1.82, 2.24) is 10.3 Å². The largest absolute Gasteiger partial charge is 0.459 e. The van der Waals surface area contributed by atoms with E-state index < -0.39 is 18.1 Å². The van der Waals surface area contributed by atoms with Crippen molar-refractivity contribution >= 4 is 17.9 Å². The Hall–Kier alpha value is -3.09. The molecule has 0 spiro atoms. The van der Waals surface area contributed by atoms with Crippen LogP contribution in [0.4, 0.5) is 10.6 Å². The van der Waals surface area contributed by atoms with Crippen molar-refractivity contribution in [2.24, 2.45) is 0 Å². The SMILES string of the molecule is CNc1cccc(CCOC(=O)NC(C)C(=O)OCc2ccccc2)n1. The van der Waals surface area contributed by atoms with Crippen molar-refractivity contribution in [1.29, 1.82) is 0 Å². The van der Waals surface area contributed by atoms with Crippen molar-refractivity contribution < 1.29 is 19.1 Å². The number of esters is 1. The summed E-state index contributed by atoms with van der Waals surface area (Å²) in [6.07, 6.45) is -0.186. The van der Waals surface area contributed by atoms with Gasteiger partial charge in [0.2, 0.25) is 0 Å². The molecule has 1 atom stereocenters. The lowest BCUT2D eigenvalue weighted by Crippen LogP contribution is -2.40. The van der Waals surface area contributed by atoms with E-state index in [1.54, 1.807) is 14.0 Å². The highest BCUT2D eigenvalue weighted by Gasteiger charge is 2.17. The Morgan fingerprint density at radius 2 is 1.85 bits per heavy atom. The molecule has 2 aromatic rings. The Labute approximate surface area is 152 Å². The first-order valence-electron chi connectivity index (χ1n) is 8.36. The maximum atomic E-state index is 11.9. The van der Waals surface area contributed by atoms with E-state index in [1.165, 1.54) is 0 Å². The molecule has 0 bridgehead atoms. The van der Waals surface area contributed by atoms with Gasteiger partial charge in [0.1, 0.15) is 18.5 Å². The van der Waals surface area contributed by atoms with Gasteiger partial charge in [0.05, 0.1) is 6.61 Å². The average Bonchev–Trinajstić information content (AvgIpc) is 2.67. The van der Waals surface area contributed by atoms with E-state index in [9.17, 15) is 9.59 Å². The Balaban J connectivity index is 1.68. The summed E-state index contributed by atoms with van der Waals surface area (Å²) in [7, 11) is 1.79. The van der Waals surface area contributed by atoms with E-state index in [0.717, 1.165) is 17.1 Å². The van der Waals surface area contributed by atoms with Crippen LogP contribution in [0.5, 0.6) is 0 Å². The highest BCUT2D eigenvalue weighted by atomic mass is 16.6. The number of carbonyl (C=O) groups excluding carboxylic acids is 2. The van der Waals surface area contributed by atoms with Crippen LogP contribution in [0.3, 0.4) is 0 Å². The summed E-state index contributed by atoms with van der Waals surface area (Å²) in [5, 5.41) is 5.40. The zero-order valence-corrected chi connectivity index (χ0v) is 14.9. The molecule has 0 aliphatic rings. The van der Waals surface area contributed by atoms with Gasteiger partial charge in [-0.25, -0.2) is 14.6 Å². The summed E-state index contributed by atoms with van der Waals surface area (Å²) in [6, 6.07) is 14.1. The number of ether oxygens (including phenoxy) is 2. The number of pyridine rings is 1. The molecular formula is C19H23N3O4. The zero-order valence-electron chi connectivity index (χ0n) is 14.9. The molecule has 0 aliphatic heterocycles. The van der Waals surface area contributed by atoms with E-state index in [4.69, 9.17) is 9.47 Å². The van der Waals surface area contributed by atoms with Crippen LogP contribution in [0.1, 0.15) is 18.2 Å². The number of benzene rings is 1. The van der Waals surface area contributed by atoms with Gasteiger partial charge in [0, 0.05) is 19.2 Å². The number of carbonyl (C=O) groups is 2. The molecule has 0 saturated heterocycles. The van der Waals surface area contributed by atoms with Gasteiger partial charge in [-0.05, 0) is 24.6 Å². The number of nitrogens with zero attached hydrogens (tertiary/aromatic N) is 1. The van der Waals surface area contributed by atoms with Gasteiger partial charge in [-0.2, -0.15) is 0 Å². The monoisotopic (exact) mass is 357 g/mol. The van der Waals surface area contributed by atoms with Crippen LogP contribution in [0.25, 0.3) is 0 Å². The second-order valence-electron chi connectivity index (χ2n) is 5.61. The van der Waals surface area contributed by atoms with Gasteiger partial charge >= 0.3 is 12.1 Å². The standard InChI is InChI=1S/C19H23N3O4/c1-14(18(23)26-13-15-7-4-3-5-8-15)21-19(24)25-12-11-16-9-6-10-17(20-2)22-16/h3-10,14H,11-13H2,1-2H3,(H,20,22)(H,21,24). The molecule has 26 heavy (non-hydrogen) atoms. The molecule has 0 fully saturated rings. The number of rotatable bonds is 8. The topological polar surface area (TPSA) is 89.6 Å². The van der Waals surface area contributed by atoms with E-state index in [0.29, 0.717) is 6.42 Å². The molecule has 1 aromatic heterocycles. The van der Waals surface area contributed by atoms with Crippen LogP contribution in [0.2, 0.25) is 0 Å². The van der Waals surface area contributed by atoms with Crippen molar-refractivity contribution in [3.8, 4) is 0 Å². The number of hydrogen-bond donors (Lipinski definition) is 2. The van der Waals surface area contributed by atoms with Gasteiger partial charge in [-0.3, -0.25) is 0 Å². The van der Waals surface area contributed by atoms with Gasteiger partial charge in [-0.1, -0.05) is 36.4 Å². The highest BCUT2D eigenvalue weighted by molar-refractivity contribution is 5.80. The Morgan fingerprint density at radius 1 is 1.08 bits per heavy atom. The van der Waals surface area contributed by atoms with Gasteiger partial charge in [0.25, 0.3) is 0 Å². The molecular weight excluding hydrogens is 334 g/mol. The maximum absolute atomic E-state index is 11.9. The van der Waals surface area contributed by atoms with Crippen molar-refractivity contribution in [2.75, 3.05) is 19.0 Å². The minimum atomic E-state index is -0.794. The summed E-state index contributed by atoms with van der Waals surface area (Å²) in [5.41, 5.74) is 1.69. The molecule has 1 unspecified atom stereocenters. The fourth-order valence-corrected chi connectivity index (χ4v) is 2.14. The number of nitrogens with one attached hydrogen (secondary N) is 2. The number of aromatic nitrogens is 1. The van der Waals surface area contributed by atoms with Crippen molar-refractivity contribution in [3.05, 3.63) is 59.8 Å². The molecule has 1 heterocycles. The molecule has 7 nitrogen and oxygen atoms in total. The third kappa shape index (κ3) is 6.43. The summed E-state index contributed by atoms with van der Waals surface area (Å²) in [5.74, 6) is 0.232. The van der Waals surface area contributed by atoms with Crippen LogP contribution in [0.15, 0.2) is 48.5 Å². The summed E-state index contributed by atoms with van der Waals surface area (Å²) in [4.78, 5) is 28.0. The number of hydrogen-bond acceptors (Lipinski definition) is 6. The first kappa shape index (κ1) is 19.2. The fraction of sp³-hybridized carbons (Fsp3) is 0.316. The molecule has 2 N–H and O–H groups in total. The highest BCUT2D eigenvalue weighted by Crippen LogP contribution is 2.05. The Kier molecular flexibility index (Phi) is 7.42. The van der Waals surface area contributed by atoms with Crippen LogP contribution < -0.4 is 10.6 Å². The third-order valence-corrected chi connectivity index (χ3v) is 3.57. The lowest BCUT2D eigenvalue weighted by atomic mass is 10.2. The van der Waals surface area contributed by atoms with Gasteiger partial charge in [-0.15, -0.1) is 0 Å². The van der Waals surface area contributed by atoms with Crippen molar-refractivity contribution in [2.45, 2.75) is 26.0 Å². The van der Waals surface area contributed by atoms with E-state index in [1.807, 2.05) is 48.5 Å². The number of anilines is 1. The normalized spacial score (nSPS) is 11.3. The smallest absolute Gasteiger partial charge is 0.407 e. The predicted molar refractivity (Wildman–Crippen MR) is 97.7 cm³/mol. The molecule has 0 saturated carbocycles.